The van der Waals surface area contributed by atoms with Crippen molar-refractivity contribution in [2.75, 3.05) is 53.1 Å². The first-order valence-corrected chi connectivity index (χ1v) is 8.54. The minimum atomic E-state index is 0.0592. The first-order valence-electron chi connectivity index (χ1n) is 7.66. The second-order valence-electron chi connectivity index (χ2n) is 6.16. The van der Waals surface area contributed by atoms with E-state index in [1.165, 1.54) is 11.3 Å². The Morgan fingerprint density at radius 3 is 3.00 bits per heavy atom. The number of hydrogen-bond donors (Lipinski definition) is 0. The minimum absolute atomic E-state index is 0.0592. The van der Waals surface area contributed by atoms with Crippen LogP contribution in [-0.2, 0) is 4.74 Å². The summed E-state index contributed by atoms with van der Waals surface area (Å²) in [7, 11) is 2.12. The normalized spacial score (nSPS) is 28.3. The molecule has 3 aliphatic heterocycles. The molecular weight excluding hydrogens is 304 g/mol. The van der Waals surface area contributed by atoms with Gasteiger partial charge in [0.25, 0.3) is 5.91 Å². The molecule has 0 spiro atoms. The molecule has 0 radical (unpaired) electrons. The van der Waals surface area contributed by atoms with Crippen LogP contribution in [0.25, 0.3) is 0 Å². The van der Waals surface area contributed by atoms with Crippen LogP contribution in [0.4, 0.5) is 0 Å². The van der Waals surface area contributed by atoms with Gasteiger partial charge in [-0.1, -0.05) is 0 Å². The maximum absolute atomic E-state index is 13.0. The Bertz CT molecular complexity index is 576. The molecule has 2 bridgehead atoms. The van der Waals surface area contributed by atoms with Gasteiger partial charge in [0.1, 0.15) is 18.1 Å². The third-order valence-electron chi connectivity index (χ3n) is 4.53. The molecule has 7 heteroatoms. The number of thiophene rings is 1. The monoisotopic (exact) mass is 324 g/mol. The van der Waals surface area contributed by atoms with Crippen LogP contribution in [0.3, 0.4) is 0 Å². The molecule has 0 aromatic carbocycles. The number of ether oxygens (including phenoxy) is 3. The number of carbonyl (C=O) groups is 1. The summed E-state index contributed by atoms with van der Waals surface area (Å²) in [5, 5.41) is 1.87. The highest BCUT2D eigenvalue weighted by Gasteiger charge is 2.35. The Labute approximate surface area is 133 Å². The Kier molecular flexibility index (Phi) is 3.71. The van der Waals surface area contributed by atoms with Gasteiger partial charge in [-0.3, -0.25) is 9.69 Å². The summed E-state index contributed by atoms with van der Waals surface area (Å²) in [6.07, 6.45) is 0. The van der Waals surface area contributed by atoms with E-state index >= 15 is 0 Å². The molecule has 1 aromatic heterocycles. The van der Waals surface area contributed by atoms with E-state index in [0.717, 1.165) is 19.7 Å². The van der Waals surface area contributed by atoms with Gasteiger partial charge in [0, 0.05) is 30.9 Å². The van der Waals surface area contributed by atoms with Crippen molar-refractivity contribution in [3.8, 4) is 11.5 Å². The van der Waals surface area contributed by atoms with Crippen LogP contribution in [0, 0.1) is 5.92 Å². The van der Waals surface area contributed by atoms with Gasteiger partial charge in [-0.25, -0.2) is 0 Å². The quantitative estimate of drug-likeness (QED) is 0.769. The molecule has 6 nitrogen and oxygen atoms in total. The first-order chi connectivity index (χ1) is 10.7. The zero-order chi connectivity index (χ0) is 15.1. The Morgan fingerprint density at radius 1 is 1.23 bits per heavy atom. The molecule has 4 heterocycles. The molecule has 0 saturated carbocycles. The summed E-state index contributed by atoms with van der Waals surface area (Å²) in [6.45, 7) is 4.91. The van der Waals surface area contributed by atoms with Crippen molar-refractivity contribution in [2.24, 2.45) is 5.92 Å². The van der Waals surface area contributed by atoms with Gasteiger partial charge in [0.15, 0.2) is 11.5 Å². The van der Waals surface area contributed by atoms with Gasteiger partial charge in [-0.05, 0) is 7.05 Å². The van der Waals surface area contributed by atoms with E-state index in [0.29, 0.717) is 48.7 Å². The molecule has 3 aliphatic rings. The van der Waals surface area contributed by atoms with Gasteiger partial charge in [0.05, 0.1) is 19.3 Å². The van der Waals surface area contributed by atoms with E-state index in [9.17, 15) is 4.79 Å². The third-order valence-corrected chi connectivity index (χ3v) is 5.45. The fourth-order valence-electron chi connectivity index (χ4n) is 3.37. The van der Waals surface area contributed by atoms with Crippen LogP contribution < -0.4 is 9.47 Å². The molecule has 2 fully saturated rings. The fraction of sp³-hybridized carbons (Fsp3) is 0.667. The van der Waals surface area contributed by atoms with Gasteiger partial charge in [0.2, 0.25) is 0 Å². The lowest BCUT2D eigenvalue weighted by molar-refractivity contribution is 0.0432. The summed E-state index contributed by atoms with van der Waals surface area (Å²) in [5.74, 6) is 1.76. The Morgan fingerprint density at radius 2 is 2.09 bits per heavy atom. The fourth-order valence-corrected chi connectivity index (χ4v) is 4.27. The zero-order valence-electron chi connectivity index (χ0n) is 12.6. The molecule has 22 heavy (non-hydrogen) atoms. The number of nitrogens with zero attached hydrogens (tertiary/aromatic N) is 2. The van der Waals surface area contributed by atoms with Crippen molar-refractivity contribution >= 4 is 17.2 Å². The van der Waals surface area contributed by atoms with Crippen molar-refractivity contribution in [3.05, 3.63) is 10.3 Å². The predicted octanol–water partition coefficient (Wildman–Crippen LogP) is 0.922. The highest BCUT2D eigenvalue weighted by atomic mass is 32.1. The molecule has 120 valence electrons. The Hall–Kier alpha value is -1.31. The number of fused-ring (bicyclic) bond motifs is 4. The van der Waals surface area contributed by atoms with Gasteiger partial charge in [-0.2, -0.15) is 0 Å². The summed E-state index contributed by atoms with van der Waals surface area (Å²) < 4.78 is 16.9. The average Bonchev–Trinajstić information content (AvgIpc) is 2.76. The first kappa shape index (κ1) is 14.3. The molecule has 0 N–H and O–H groups in total. The van der Waals surface area contributed by atoms with Gasteiger partial charge in [-0.15, -0.1) is 11.3 Å². The van der Waals surface area contributed by atoms with Crippen LogP contribution in [0.5, 0.6) is 11.5 Å². The lowest BCUT2D eigenvalue weighted by atomic mass is 10.1. The van der Waals surface area contributed by atoms with Crippen molar-refractivity contribution in [3.63, 3.8) is 0 Å². The second kappa shape index (κ2) is 5.72. The SMILES string of the molecule is CN1C[C@H]2COC[C@@H]1CN(C(=O)c1scc3c1OCCO3)C2. The topological polar surface area (TPSA) is 51.2 Å². The van der Waals surface area contributed by atoms with E-state index in [1.54, 1.807) is 0 Å². The van der Waals surface area contributed by atoms with E-state index in [2.05, 4.69) is 11.9 Å². The number of likely N-dealkylation sites (N-methyl/N-ethyl adjacent to an activating group) is 1. The van der Waals surface area contributed by atoms with Crippen LogP contribution in [0.15, 0.2) is 5.38 Å². The largest absolute Gasteiger partial charge is 0.485 e. The standard InChI is InChI=1S/C15H20N2O4S/c1-16-4-10-5-17(6-11(16)8-19-7-10)15(18)14-13-12(9-22-14)20-2-3-21-13/h9-11H,2-8H2,1H3/t10-,11+/m1/s1. The molecule has 1 amide bonds. The molecule has 0 aliphatic carbocycles. The maximum Gasteiger partial charge on any atom is 0.267 e. The number of rotatable bonds is 1. The van der Waals surface area contributed by atoms with Crippen LogP contribution in [-0.4, -0.2) is 74.9 Å². The molecule has 0 unspecified atom stereocenters. The maximum atomic E-state index is 13.0. The second-order valence-corrected chi connectivity index (χ2v) is 7.04. The summed E-state index contributed by atoms with van der Waals surface area (Å²) in [4.78, 5) is 17.9. The molecule has 4 rings (SSSR count). The van der Waals surface area contributed by atoms with Gasteiger partial charge < -0.3 is 19.1 Å². The Balaban J connectivity index is 1.59. The highest BCUT2D eigenvalue weighted by molar-refractivity contribution is 7.12. The molecule has 2 saturated heterocycles. The number of carbonyl (C=O) groups excluding carboxylic acids is 1. The lowest BCUT2D eigenvalue weighted by Crippen LogP contribution is -2.44. The highest BCUT2D eigenvalue weighted by Crippen LogP contribution is 2.40. The van der Waals surface area contributed by atoms with Crippen LogP contribution >= 0.6 is 11.3 Å². The zero-order valence-corrected chi connectivity index (χ0v) is 13.4. The van der Waals surface area contributed by atoms with Crippen molar-refractivity contribution in [2.45, 2.75) is 6.04 Å². The summed E-state index contributed by atoms with van der Waals surface area (Å²) >= 11 is 1.42. The predicted molar refractivity (Wildman–Crippen MR) is 81.9 cm³/mol. The van der Waals surface area contributed by atoms with Crippen molar-refractivity contribution < 1.29 is 19.0 Å². The van der Waals surface area contributed by atoms with E-state index in [4.69, 9.17) is 14.2 Å². The number of amides is 1. The molecular formula is C15H20N2O4S. The summed E-state index contributed by atoms with van der Waals surface area (Å²) in [6, 6.07) is 0.268. The molecule has 1 aromatic rings. The number of hydrogen-bond acceptors (Lipinski definition) is 6. The van der Waals surface area contributed by atoms with Gasteiger partial charge >= 0.3 is 0 Å². The smallest absolute Gasteiger partial charge is 0.267 e. The van der Waals surface area contributed by atoms with E-state index in [1.807, 2.05) is 10.3 Å². The van der Waals surface area contributed by atoms with E-state index < -0.39 is 0 Å². The van der Waals surface area contributed by atoms with Crippen LogP contribution in [0.1, 0.15) is 9.67 Å². The van der Waals surface area contributed by atoms with E-state index in [-0.39, 0.29) is 11.9 Å². The molecule has 2 atom stereocenters. The van der Waals surface area contributed by atoms with Crippen molar-refractivity contribution in [1.82, 2.24) is 9.80 Å². The average molecular weight is 324 g/mol. The minimum Gasteiger partial charge on any atom is -0.485 e. The third kappa shape index (κ3) is 2.47. The van der Waals surface area contributed by atoms with Crippen LogP contribution in [0.2, 0.25) is 0 Å². The summed E-state index contributed by atoms with van der Waals surface area (Å²) in [5.41, 5.74) is 0. The van der Waals surface area contributed by atoms with Crippen molar-refractivity contribution in [1.29, 1.82) is 0 Å². The lowest BCUT2D eigenvalue weighted by Gasteiger charge is -2.29.